The quantitative estimate of drug-likeness (QED) is 0.449. The zero-order chi connectivity index (χ0) is 21.2. The monoisotopic (exact) mass is 415 g/mol. The Labute approximate surface area is 180 Å². The van der Waals surface area contributed by atoms with E-state index in [1.54, 1.807) is 14.2 Å². The van der Waals surface area contributed by atoms with Crippen LogP contribution in [0.5, 0.6) is 5.75 Å². The molecule has 1 heterocycles. The largest absolute Gasteiger partial charge is 0.496 e. The molecule has 1 amide bonds. The number of ether oxygens (including phenoxy) is 1. The molecule has 0 aromatic heterocycles. The Morgan fingerprint density at radius 1 is 1.13 bits per heavy atom. The minimum absolute atomic E-state index is 0.0330. The van der Waals surface area contributed by atoms with Gasteiger partial charge in [0.2, 0.25) is 5.91 Å². The predicted octanol–water partition coefficient (Wildman–Crippen LogP) is 2.45. The first-order valence-electron chi connectivity index (χ1n) is 11.3. The molecule has 30 heavy (non-hydrogen) atoms. The summed E-state index contributed by atoms with van der Waals surface area (Å²) in [6, 6.07) is 8.73. The van der Waals surface area contributed by atoms with Gasteiger partial charge in [-0.05, 0) is 44.8 Å². The van der Waals surface area contributed by atoms with E-state index in [4.69, 9.17) is 4.74 Å². The normalized spacial score (nSPS) is 19.3. The minimum atomic E-state index is 0.0330. The van der Waals surface area contributed by atoms with E-state index < -0.39 is 0 Å². The lowest BCUT2D eigenvalue weighted by Crippen LogP contribution is -2.47. The Kier molecular flexibility index (Phi) is 8.81. The fourth-order valence-electron chi connectivity index (χ4n) is 4.53. The first kappa shape index (κ1) is 22.4. The maximum absolute atomic E-state index is 12.3. The molecule has 1 aliphatic carbocycles. The molecule has 2 fully saturated rings. The van der Waals surface area contributed by atoms with Crippen molar-refractivity contribution in [2.45, 2.75) is 57.0 Å². The summed E-state index contributed by atoms with van der Waals surface area (Å²) in [6.07, 6.45) is 8.33. The van der Waals surface area contributed by atoms with E-state index in [9.17, 15) is 4.79 Å². The topological polar surface area (TPSA) is 78.0 Å². The van der Waals surface area contributed by atoms with Gasteiger partial charge in [0.25, 0.3) is 0 Å². The summed E-state index contributed by atoms with van der Waals surface area (Å²) in [5.41, 5.74) is 1.18. The Morgan fingerprint density at radius 2 is 1.87 bits per heavy atom. The molecule has 7 nitrogen and oxygen atoms in total. The molecule has 1 aromatic rings. The van der Waals surface area contributed by atoms with Gasteiger partial charge in [0.05, 0.1) is 19.7 Å². The third-order valence-electron chi connectivity index (χ3n) is 6.15. The average Bonchev–Trinajstić information content (AvgIpc) is 3.31. The van der Waals surface area contributed by atoms with Gasteiger partial charge < -0.3 is 20.7 Å². The lowest BCUT2D eigenvalue weighted by molar-refractivity contribution is -0.120. The minimum Gasteiger partial charge on any atom is -0.496 e. The van der Waals surface area contributed by atoms with Gasteiger partial charge in [0.1, 0.15) is 5.75 Å². The Hall–Kier alpha value is -2.28. The van der Waals surface area contributed by atoms with E-state index in [0.717, 1.165) is 31.7 Å². The van der Waals surface area contributed by atoms with E-state index in [0.29, 0.717) is 18.5 Å². The van der Waals surface area contributed by atoms with Gasteiger partial charge in [-0.1, -0.05) is 37.5 Å². The highest BCUT2D eigenvalue weighted by Gasteiger charge is 2.26. The van der Waals surface area contributed by atoms with Gasteiger partial charge in [-0.15, -0.1) is 0 Å². The van der Waals surface area contributed by atoms with E-state index in [-0.39, 0.29) is 18.5 Å². The van der Waals surface area contributed by atoms with Crippen molar-refractivity contribution in [3.05, 3.63) is 29.8 Å². The number of benzene rings is 1. The molecule has 0 radical (unpaired) electrons. The van der Waals surface area contributed by atoms with Crippen molar-refractivity contribution in [2.75, 3.05) is 40.3 Å². The molecule has 3 rings (SSSR count). The molecule has 7 heteroatoms. The molecule has 0 spiro atoms. The maximum Gasteiger partial charge on any atom is 0.239 e. The second kappa shape index (κ2) is 11.8. The molecule has 1 atom stereocenters. The van der Waals surface area contributed by atoms with Crippen molar-refractivity contribution in [3.63, 3.8) is 0 Å². The number of carbonyl (C=O) groups is 1. The van der Waals surface area contributed by atoms with E-state index in [1.807, 2.05) is 12.1 Å². The smallest absolute Gasteiger partial charge is 0.239 e. The van der Waals surface area contributed by atoms with Crippen molar-refractivity contribution in [1.82, 2.24) is 20.9 Å². The Morgan fingerprint density at radius 3 is 2.57 bits per heavy atom. The third-order valence-corrected chi connectivity index (χ3v) is 6.15. The van der Waals surface area contributed by atoms with Crippen molar-refractivity contribution >= 4 is 11.9 Å². The van der Waals surface area contributed by atoms with Gasteiger partial charge in [0, 0.05) is 25.2 Å². The van der Waals surface area contributed by atoms with Crippen LogP contribution in [0.1, 0.15) is 56.6 Å². The molecule has 1 aliphatic heterocycles. The Bertz CT molecular complexity index is 697. The van der Waals surface area contributed by atoms with Crippen LogP contribution >= 0.6 is 0 Å². The summed E-state index contributed by atoms with van der Waals surface area (Å²) >= 11 is 0. The number of amides is 1. The molecule has 1 unspecified atom stereocenters. The third kappa shape index (κ3) is 6.36. The summed E-state index contributed by atoms with van der Waals surface area (Å²) in [4.78, 5) is 19.1. The SMILES string of the molecule is CN=C(NCC(=O)NC1CCCCC1)NCC(c1ccccc1OC)N1CCCC1. The Balaban J connectivity index is 1.54. The zero-order valence-electron chi connectivity index (χ0n) is 18.5. The molecular weight excluding hydrogens is 378 g/mol. The number of guanidine groups is 1. The molecule has 1 aromatic carbocycles. The number of nitrogens with zero attached hydrogens (tertiary/aromatic N) is 2. The van der Waals surface area contributed by atoms with Crippen LogP contribution in [0.3, 0.4) is 0 Å². The summed E-state index contributed by atoms with van der Waals surface area (Å²) in [7, 11) is 3.46. The van der Waals surface area contributed by atoms with Crippen LogP contribution in [0.25, 0.3) is 0 Å². The second-order valence-electron chi connectivity index (χ2n) is 8.21. The van der Waals surface area contributed by atoms with Crippen LogP contribution in [0.4, 0.5) is 0 Å². The van der Waals surface area contributed by atoms with Crippen molar-refractivity contribution in [2.24, 2.45) is 4.99 Å². The molecule has 166 valence electrons. The predicted molar refractivity (Wildman–Crippen MR) is 121 cm³/mol. The molecule has 2 aliphatic rings. The fraction of sp³-hybridized carbons (Fsp3) is 0.652. The number of methoxy groups -OCH3 is 1. The van der Waals surface area contributed by atoms with Gasteiger partial charge in [-0.3, -0.25) is 14.7 Å². The average molecular weight is 416 g/mol. The number of hydrogen-bond acceptors (Lipinski definition) is 4. The van der Waals surface area contributed by atoms with Crippen molar-refractivity contribution in [1.29, 1.82) is 0 Å². The highest BCUT2D eigenvalue weighted by atomic mass is 16.5. The fourth-order valence-corrected chi connectivity index (χ4v) is 4.53. The van der Waals surface area contributed by atoms with Crippen LogP contribution in [0, 0.1) is 0 Å². The van der Waals surface area contributed by atoms with E-state index in [2.05, 4.69) is 38.0 Å². The van der Waals surface area contributed by atoms with Crippen LogP contribution in [0.15, 0.2) is 29.3 Å². The second-order valence-corrected chi connectivity index (χ2v) is 8.21. The van der Waals surface area contributed by atoms with Crippen LogP contribution < -0.4 is 20.7 Å². The lowest BCUT2D eigenvalue weighted by atomic mass is 9.95. The van der Waals surface area contributed by atoms with E-state index in [1.165, 1.54) is 37.7 Å². The highest BCUT2D eigenvalue weighted by molar-refractivity contribution is 5.86. The lowest BCUT2D eigenvalue weighted by Gasteiger charge is -2.30. The first-order chi connectivity index (χ1) is 14.7. The van der Waals surface area contributed by atoms with Gasteiger partial charge in [0.15, 0.2) is 5.96 Å². The first-order valence-corrected chi connectivity index (χ1v) is 11.3. The number of rotatable bonds is 8. The van der Waals surface area contributed by atoms with Crippen LogP contribution in [-0.2, 0) is 4.79 Å². The number of hydrogen-bond donors (Lipinski definition) is 3. The summed E-state index contributed by atoms with van der Waals surface area (Å²) in [5.74, 6) is 1.59. The summed E-state index contributed by atoms with van der Waals surface area (Å²) in [6.45, 7) is 3.10. The van der Waals surface area contributed by atoms with Crippen molar-refractivity contribution in [3.8, 4) is 5.75 Å². The molecular formula is C23H37N5O2. The van der Waals surface area contributed by atoms with Gasteiger partial charge in [-0.2, -0.15) is 0 Å². The molecule has 0 bridgehead atoms. The van der Waals surface area contributed by atoms with Crippen LogP contribution in [-0.4, -0.2) is 63.1 Å². The van der Waals surface area contributed by atoms with E-state index >= 15 is 0 Å². The number of para-hydroxylation sites is 1. The van der Waals surface area contributed by atoms with Crippen LogP contribution in [0.2, 0.25) is 0 Å². The maximum atomic E-state index is 12.3. The highest BCUT2D eigenvalue weighted by Crippen LogP contribution is 2.31. The van der Waals surface area contributed by atoms with Crippen molar-refractivity contribution < 1.29 is 9.53 Å². The van der Waals surface area contributed by atoms with Gasteiger partial charge >= 0.3 is 0 Å². The molecule has 1 saturated heterocycles. The molecule has 1 saturated carbocycles. The standard InChI is InChI=1S/C23H37N5O2/c1-24-23(26-17-22(29)27-18-10-4-3-5-11-18)25-16-20(28-14-8-9-15-28)19-12-6-7-13-21(19)30-2/h6-7,12-13,18,20H,3-5,8-11,14-17H2,1-2H3,(H,27,29)(H2,24,25,26). The zero-order valence-corrected chi connectivity index (χ0v) is 18.5. The number of aliphatic imine (C=N–C) groups is 1. The summed E-state index contributed by atoms with van der Waals surface area (Å²) in [5, 5.41) is 9.72. The number of likely N-dealkylation sites (tertiary alicyclic amines) is 1. The number of carbonyl (C=O) groups excluding carboxylic acids is 1. The van der Waals surface area contributed by atoms with Gasteiger partial charge in [-0.25, -0.2) is 0 Å². The number of nitrogens with one attached hydrogen (secondary N) is 3. The summed E-state index contributed by atoms with van der Waals surface area (Å²) < 4.78 is 5.62. The molecule has 3 N–H and O–H groups in total.